The Bertz CT molecular complexity index is 1150. The van der Waals surface area contributed by atoms with E-state index in [1.165, 1.54) is 55.0 Å². The van der Waals surface area contributed by atoms with E-state index in [2.05, 4.69) is 101 Å². The Balaban J connectivity index is 0.000000251. The molecule has 4 rings (SSSR count). The molecule has 0 bridgehead atoms. The highest BCUT2D eigenvalue weighted by Gasteiger charge is 2.29. The molecular formula is C37H67N7O2. The number of piperidine rings is 2. The minimum absolute atomic E-state index is 0.202. The van der Waals surface area contributed by atoms with Crippen molar-refractivity contribution in [2.45, 2.75) is 143 Å². The normalized spacial score (nSPS) is 17.5. The van der Waals surface area contributed by atoms with Crippen LogP contribution < -0.4 is 0 Å². The fraction of sp³-hybridized carbons (Fsp3) is 0.811. The number of nitrogens with zero attached hydrogens (tertiary/aromatic N) is 7. The number of hydrogen-bond donors (Lipinski definition) is 0. The standard InChI is InChI=1S/C19H33N3O2.C18H34N4/c1-13(2)16-12-22(20-17(16)14(3)4)15-8-10-21(11-9-15)18(23)24-19(5,6)7;1-14(2)17-13-22(19-18(17)15(3)4)16-7-9-21(10-8-16)12-11-20(5)6/h12-15H,8-11H2,1-7H3;13-16H,7-12H2,1-6H3. The number of likely N-dealkylation sites (tertiary alicyclic amines) is 2. The molecule has 0 radical (unpaired) electrons. The van der Waals surface area contributed by atoms with Gasteiger partial charge in [-0.15, -0.1) is 0 Å². The molecule has 0 N–H and O–H groups in total. The van der Waals surface area contributed by atoms with Gasteiger partial charge < -0.3 is 19.4 Å². The van der Waals surface area contributed by atoms with Crippen molar-refractivity contribution < 1.29 is 9.53 Å². The highest BCUT2D eigenvalue weighted by Crippen LogP contribution is 2.31. The van der Waals surface area contributed by atoms with Gasteiger partial charge in [-0.05, 0) is 95.3 Å². The molecule has 4 heterocycles. The molecule has 2 saturated heterocycles. The van der Waals surface area contributed by atoms with Crippen molar-refractivity contribution in [1.29, 1.82) is 0 Å². The van der Waals surface area contributed by atoms with Gasteiger partial charge in [0, 0.05) is 51.7 Å². The van der Waals surface area contributed by atoms with Crippen LogP contribution in [0.25, 0.3) is 0 Å². The molecule has 0 saturated carbocycles. The van der Waals surface area contributed by atoms with Gasteiger partial charge in [0.2, 0.25) is 0 Å². The van der Waals surface area contributed by atoms with Crippen LogP contribution in [-0.4, -0.2) is 99.3 Å². The molecule has 46 heavy (non-hydrogen) atoms. The van der Waals surface area contributed by atoms with E-state index in [4.69, 9.17) is 14.9 Å². The van der Waals surface area contributed by atoms with E-state index in [9.17, 15) is 4.79 Å². The van der Waals surface area contributed by atoms with Crippen LogP contribution in [0.2, 0.25) is 0 Å². The predicted octanol–water partition coefficient (Wildman–Crippen LogP) is 8.03. The molecule has 0 aromatic carbocycles. The molecule has 9 heteroatoms. The quantitative estimate of drug-likeness (QED) is 0.276. The van der Waals surface area contributed by atoms with Crippen molar-refractivity contribution in [3.63, 3.8) is 0 Å². The maximum absolute atomic E-state index is 12.2. The van der Waals surface area contributed by atoms with E-state index < -0.39 is 5.60 Å². The first-order valence-electron chi connectivity index (χ1n) is 18.0. The van der Waals surface area contributed by atoms with Gasteiger partial charge in [-0.25, -0.2) is 4.79 Å². The van der Waals surface area contributed by atoms with Crippen LogP contribution in [0.15, 0.2) is 12.4 Å². The molecule has 0 unspecified atom stereocenters. The average molecular weight is 642 g/mol. The number of carbonyl (C=O) groups excluding carboxylic acids is 1. The fourth-order valence-electron chi connectivity index (χ4n) is 6.39. The van der Waals surface area contributed by atoms with Crippen molar-refractivity contribution in [3.05, 3.63) is 34.9 Å². The van der Waals surface area contributed by atoms with Crippen LogP contribution in [-0.2, 0) is 4.74 Å². The summed E-state index contributed by atoms with van der Waals surface area (Å²) in [5.74, 6) is 1.99. The number of likely N-dealkylation sites (N-methyl/N-ethyl adjacent to an activating group) is 1. The van der Waals surface area contributed by atoms with Crippen molar-refractivity contribution in [2.24, 2.45) is 0 Å². The van der Waals surface area contributed by atoms with Gasteiger partial charge in [0.1, 0.15) is 5.60 Å². The fourth-order valence-corrected chi connectivity index (χ4v) is 6.39. The zero-order chi connectivity index (χ0) is 34.3. The third-order valence-electron chi connectivity index (χ3n) is 9.20. The Morgan fingerprint density at radius 3 is 1.50 bits per heavy atom. The number of aromatic nitrogens is 4. The second-order valence-corrected chi connectivity index (χ2v) is 16.1. The summed E-state index contributed by atoms with van der Waals surface area (Å²) in [5.41, 5.74) is 4.85. The lowest BCUT2D eigenvalue weighted by atomic mass is 9.98. The first kappa shape index (κ1) is 38.1. The van der Waals surface area contributed by atoms with Crippen molar-refractivity contribution >= 4 is 6.09 Å². The monoisotopic (exact) mass is 642 g/mol. The lowest BCUT2D eigenvalue weighted by Crippen LogP contribution is -2.42. The Labute approximate surface area is 281 Å². The molecule has 2 aliphatic rings. The van der Waals surface area contributed by atoms with E-state index in [1.54, 1.807) is 0 Å². The summed E-state index contributed by atoms with van der Waals surface area (Å²) in [6, 6.07) is 0.953. The molecule has 0 spiro atoms. The molecule has 262 valence electrons. The molecule has 2 aromatic rings. The van der Waals surface area contributed by atoms with Gasteiger partial charge in [0.05, 0.1) is 23.5 Å². The van der Waals surface area contributed by atoms with Crippen LogP contribution in [0.5, 0.6) is 0 Å². The van der Waals surface area contributed by atoms with Crippen LogP contribution in [0.1, 0.15) is 160 Å². The highest BCUT2D eigenvalue weighted by atomic mass is 16.6. The second-order valence-electron chi connectivity index (χ2n) is 16.1. The largest absolute Gasteiger partial charge is 0.444 e. The highest BCUT2D eigenvalue weighted by molar-refractivity contribution is 5.68. The number of carbonyl (C=O) groups is 1. The van der Waals surface area contributed by atoms with Gasteiger partial charge in [-0.3, -0.25) is 9.36 Å². The summed E-state index contributed by atoms with van der Waals surface area (Å²) in [7, 11) is 4.30. The second kappa shape index (κ2) is 16.6. The van der Waals surface area contributed by atoms with E-state index in [0.29, 0.717) is 35.8 Å². The van der Waals surface area contributed by atoms with E-state index in [0.717, 1.165) is 32.5 Å². The molecule has 0 atom stereocenters. The maximum atomic E-state index is 12.2. The molecule has 9 nitrogen and oxygen atoms in total. The summed E-state index contributed by atoms with van der Waals surface area (Å²) >= 11 is 0. The van der Waals surface area contributed by atoms with Gasteiger partial charge in [-0.2, -0.15) is 10.2 Å². The molecular weight excluding hydrogens is 574 g/mol. The van der Waals surface area contributed by atoms with Crippen molar-refractivity contribution in [1.82, 2.24) is 34.3 Å². The third kappa shape index (κ3) is 10.8. The maximum Gasteiger partial charge on any atom is 0.410 e. The van der Waals surface area contributed by atoms with Gasteiger partial charge in [-0.1, -0.05) is 55.4 Å². The summed E-state index contributed by atoms with van der Waals surface area (Å²) in [4.78, 5) is 18.8. The SMILES string of the molecule is CC(C)c1cn(C2CCN(C(=O)OC(C)(C)C)CC2)nc1C(C)C.CC(C)c1cn(C2CCN(CCN(C)C)CC2)nc1C(C)C. The Morgan fingerprint density at radius 1 is 0.761 bits per heavy atom. The van der Waals surface area contributed by atoms with Gasteiger partial charge >= 0.3 is 6.09 Å². The van der Waals surface area contributed by atoms with Crippen LogP contribution in [0.3, 0.4) is 0 Å². The Kier molecular flexibility index (Phi) is 13.8. The van der Waals surface area contributed by atoms with Crippen LogP contribution in [0, 0.1) is 0 Å². The predicted molar refractivity (Wildman–Crippen MR) is 190 cm³/mol. The summed E-state index contributed by atoms with van der Waals surface area (Å²) in [5, 5.41) is 9.81. The minimum atomic E-state index is -0.436. The Hall–Kier alpha value is -2.39. The van der Waals surface area contributed by atoms with Crippen LogP contribution in [0.4, 0.5) is 4.79 Å². The van der Waals surface area contributed by atoms with E-state index in [1.807, 2.05) is 25.7 Å². The van der Waals surface area contributed by atoms with Gasteiger partial charge in [0.25, 0.3) is 0 Å². The Morgan fingerprint density at radius 2 is 1.17 bits per heavy atom. The first-order valence-corrected chi connectivity index (χ1v) is 18.0. The molecule has 1 amide bonds. The molecule has 2 aliphatic heterocycles. The van der Waals surface area contributed by atoms with E-state index >= 15 is 0 Å². The lowest BCUT2D eigenvalue weighted by Gasteiger charge is -2.33. The zero-order valence-electron chi connectivity index (χ0n) is 31.6. The van der Waals surface area contributed by atoms with E-state index in [-0.39, 0.29) is 6.09 Å². The lowest BCUT2D eigenvalue weighted by molar-refractivity contribution is 0.0184. The van der Waals surface area contributed by atoms with Crippen LogP contribution >= 0.6 is 0 Å². The topological polar surface area (TPSA) is 71.7 Å². The van der Waals surface area contributed by atoms with Crippen molar-refractivity contribution in [3.8, 4) is 0 Å². The smallest absolute Gasteiger partial charge is 0.410 e. The molecule has 2 aromatic heterocycles. The zero-order valence-corrected chi connectivity index (χ0v) is 31.6. The molecule has 2 fully saturated rings. The minimum Gasteiger partial charge on any atom is -0.444 e. The van der Waals surface area contributed by atoms with Gasteiger partial charge in [0.15, 0.2) is 0 Å². The summed E-state index contributed by atoms with van der Waals surface area (Å²) in [6.45, 7) is 29.8. The molecule has 0 aliphatic carbocycles. The third-order valence-corrected chi connectivity index (χ3v) is 9.20. The number of amides is 1. The summed E-state index contributed by atoms with van der Waals surface area (Å²) in [6.07, 6.45) is 8.64. The summed E-state index contributed by atoms with van der Waals surface area (Å²) < 4.78 is 9.88. The number of ether oxygens (including phenoxy) is 1. The number of hydrogen-bond acceptors (Lipinski definition) is 6. The average Bonchev–Trinajstić information content (AvgIpc) is 3.63. The first-order chi connectivity index (χ1) is 21.5. The van der Waals surface area contributed by atoms with Crippen molar-refractivity contribution in [2.75, 3.05) is 53.4 Å². The number of rotatable bonds is 9.